The Hall–Kier alpha value is -1.64. The molecule has 2 aliphatic rings. The molecule has 3 rings (SSSR count). The molecule has 1 saturated heterocycles. The molecule has 1 aromatic heterocycles. The van der Waals surface area contributed by atoms with Crippen molar-refractivity contribution in [2.24, 2.45) is 0 Å². The second kappa shape index (κ2) is 9.19. The number of aromatic nitrogens is 1. The summed E-state index contributed by atoms with van der Waals surface area (Å²) < 4.78 is 17.9. The summed E-state index contributed by atoms with van der Waals surface area (Å²) in [6.07, 6.45) is 0.437. The number of carbonyl (C=O) groups is 1. The molecule has 186 valence electrons. The zero-order valence-electron chi connectivity index (χ0n) is 22.2. The molecule has 1 fully saturated rings. The third-order valence-electron chi connectivity index (χ3n) is 7.13. The van der Waals surface area contributed by atoms with Gasteiger partial charge in [-0.05, 0) is 63.9 Å². The summed E-state index contributed by atoms with van der Waals surface area (Å²) in [5.74, 6) is 1.02. The van der Waals surface area contributed by atoms with E-state index in [1.54, 1.807) is 7.11 Å². The number of pyridine rings is 1. The molecule has 0 N–H and O–H groups in total. The quantitative estimate of drug-likeness (QED) is 0.546. The van der Waals surface area contributed by atoms with E-state index in [4.69, 9.17) is 18.9 Å². The van der Waals surface area contributed by atoms with Gasteiger partial charge < -0.3 is 23.7 Å². The van der Waals surface area contributed by atoms with Gasteiger partial charge in [0.2, 0.25) is 0 Å². The predicted octanol–water partition coefficient (Wildman–Crippen LogP) is 5.16. The Morgan fingerprint density at radius 2 is 1.85 bits per heavy atom. The van der Waals surface area contributed by atoms with Gasteiger partial charge in [-0.1, -0.05) is 26.8 Å². The smallest absolute Gasteiger partial charge is 0.410 e. The molecule has 1 amide bonds. The first kappa shape index (κ1) is 26.0. The molecule has 3 heterocycles. The lowest BCUT2D eigenvalue weighted by molar-refractivity contribution is 0.0191. The van der Waals surface area contributed by atoms with E-state index >= 15 is 0 Å². The number of nitrogens with zero attached hydrogens (tertiary/aromatic N) is 3. The van der Waals surface area contributed by atoms with Crippen molar-refractivity contribution in [2.45, 2.75) is 96.8 Å². The third-order valence-corrected chi connectivity index (χ3v) is 11.6. The fourth-order valence-electron chi connectivity index (χ4n) is 4.29. The molecule has 2 aliphatic heterocycles. The summed E-state index contributed by atoms with van der Waals surface area (Å²) >= 11 is 0. The van der Waals surface area contributed by atoms with Gasteiger partial charge in [-0.15, -0.1) is 0 Å². The topological polar surface area (TPSA) is 64.1 Å². The highest BCUT2D eigenvalue weighted by molar-refractivity contribution is 6.74. The molecule has 3 atom stereocenters. The minimum atomic E-state index is -1.88. The third kappa shape index (κ3) is 5.71. The number of anilines is 1. The normalized spacial score (nSPS) is 22.1. The van der Waals surface area contributed by atoms with E-state index in [0.717, 1.165) is 17.9 Å². The highest BCUT2D eigenvalue weighted by Gasteiger charge is 2.42. The molecular weight excluding hydrogens is 434 g/mol. The zero-order valence-corrected chi connectivity index (χ0v) is 23.2. The number of rotatable bonds is 5. The lowest BCUT2D eigenvalue weighted by Crippen LogP contribution is -2.58. The molecule has 1 aromatic rings. The van der Waals surface area contributed by atoms with Gasteiger partial charge in [0.15, 0.2) is 8.32 Å². The minimum Gasteiger partial charge on any atom is -0.444 e. The van der Waals surface area contributed by atoms with Gasteiger partial charge in [0.25, 0.3) is 0 Å². The first-order valence-corrected chi connectivity index (χ1v) is 15.0. The summed E-state index contributed by atoms with van der Waals surface area (Å²) in [5, 5.41) is 0.146. The first-order valence-electron chi connectivity index (χ1n) is 12.1. The van der Waals surface area contributed by atoms with E-state index in [1.807, 2.05) is 25.7 Å². The summed E-state index contributed by atoms with van der Waals surface area (Å²) in [4.78, 5) is 21.9. The maximum absolute atomic E-state index is 12.7. The van der Waals surface area contributed by atoms with E-state index in [-0.39, 0.29) is 29.3 Å². The van der Waals surface area contributed by atoms with Crippen LogP contribution in [0.2, 0.25) is 18.1 Å². The standard InChI is InChI=1S/C25H43N3O4Si/c1-17-14-27(23(29)32-24(2,3)4)15-19-13-18-11-12-20(26-22(18)28(17)19)21(30-8)16-31-33(9,10)25(5,6)7/h11-12,17,19,21H,13-16H2,1-10H3/t17-,19-,21?/m1/s1. The van der Waals surface area contributed by atoms with E-state index in [2.05, 4.69) is 57.8 Å². The number of piperazine rings is 1. The molecule has 0 bridgehead atoms. The van der Waals surface area contributed by atoms with Crippen LogP contribution in [0.15, 0.2) is 12.1 Å². The van der Waals surface area contributed by atoms with E-state index in [0.29, 0.717) is 19.7 Å². The number of carbonyl (C=O) groups excluding carboxylic acids is 1. The predicted molar refractivity (Wildman–Crippen MR) is 134 cm³/mol. The molecule has 8 heteroatoms. The van der Waals surface area contributed by atoms with Crippen LogP contribution in [0.1, 0.15) is 65.8 Å². The molecule has 1 unspecified atom stereocenters. The highest BCUT2D eigenvalue weighted by atomic mass is 28.4. The Bertz CT molecular complexity index is 862. The fourth-order valence-corrected chi connectivity index (χ4v) is 5.29. The van der Waals surface area contributed by atoms with Crippen molar-refractivity contribution in [1.82, 2.24) is 9.88 Å². The van der Waals surface area contributed by atoms with Crippen LogP contribution in [-0.2, 0) is 20.3 Å². The van der Waals surface area contributed by atoms with Crippen molar-refractivity contribution in [3.63, 3.8) is 0 Å². The molecule has 0 aliphatic carbocycles. The van der Waals surface area contributed by atoms with Crippen molar-refractivity contribution >= 4 is 20.2 Å². The number of amides is 1. The Labute approximate surface area is 200 Å². The molecular formula is C25H43N3O4Si. The average molecular weight is 478 g/mol. The lowest BCUT2D eigenvalue weighted by Gasteiger charge is -2.43. The van der Waals surface area contributed by atoms with Crippen LogP contribution in [0.4, 0.5) is 10.6 Å². The summed E-state index contributed by atoms with van der Waals surface area (Å²) in [6.45, 7) is 20.9. The molecule has 0 radical (unpaired) electrons. The van der Waals surface area contributed by atoms with Gasteiger partial charge in [-0.25, -0.2) is 9.78 Å². The van der Waals surface area contributed by atoms with Gasteiger partial charge in [0.1, 0.15) is 17.5 Å². The molecule has 0 saturated carbocycles. The largest absolute Gasteiger partial charge is 0.444 e. The summed E-state index contributed by atoms with van der Waals surface area (Å²) in [5.41, 5.74) is 1.63. The zero-order chi connectivity index (χ0) is 24.8. The Morgan fingerprint density at radius 1 is 1.18 bits per heavy atom. The highest BCUT2D eigenvalue weighted by Crippen LogP contribution is 2.39. The van der Waals surface area contributed by atoms with Crippen LogP contribution < -0.4 is 4.90 Å². The van der Waals surface area contributed by atoms with Gasteiger partial charge in [-0.2, -0.15) is 0 Å². The van der Waals surface area contributed by atoms with Crippen LogP contribution in [0.3, 0.4) is 0 Å². The fraction of sp³-hybridized carbons (Fsp3) is 0.760. The summed E-state index contributed by atoms with van der Waals surface area (Å²) in [7, 11) is -0.158. The Morgan fingerprint density at radius 3 is 2.42 bits per heavy atom. The van der Waals surface area contributed by atoms with Crippen molar-refractivity contribution in [3.8, 4) is 0 Å². The second-order valence-corrected chi connectivity index (χ2v) is 16.8. The molecule has 0 spiro atoms. The van der Waals surface area contributed by atoms with Crippen molar-refractivity contribution in [3.05, 3.63) is 23.4 Å². The van der Waals surface area contributed by atoms with Gasteiger partial charge in [0, 0.05) is 26.2 Å². The van der Waals surface area contributed by atoms with Crippen LogP contribution in [-0.4, -0.2) is 68.8 Å². The Balaban J connectivity index is 1.74. The molecule has 7 nitrogen and oxygen atoms in total. The van der Waals surface area contributed by atoms with E-state index < -0.39 is 13.9 Å². The average Bonchev–Trinajstić information content (AvgIpc) is 3.04. The van der Waals surface area contributed by atoms with Crippen molar-refractivity contribution in [1.29, 1.82) is 0 Å². The van der Waals surface area contributed by atoms with Crippen LogP contribution in [0, 0.1) is 0 Å². The number of hydrogen-bond acceptors (Lipinski definition) is 6. The molecule has 33 heavy (non-hydrogen) atoms. The Kier molecular flexibility index (Phi) is 7.23. The van der Waals surface area contributed by atoms with E-state index in [1.165, 1.54) is 5.56 Å². The minimum absolute atomic E-state index is 0.146. The number of ether oxygens (including phenoxy) is 2. The van der Waals surface area contributed by atoms with Crippen LogP contribution in [0.5, 0.6) is 0 Å². The maximum Gasteiger partial charge on any atom is 0.410 e. The number of methoxy groups -OCH3 is 1. The number of hydrogen-bond donors (Lipinski definition) is 0. The van der Waals surface area contributed by atoms with Gasteiger partial charge in [-0.3, -0.25) is 0 Å². The monoisotopic (exact) mass is 477 g/mol. The van der Waals surface area contributed by atoms with Gasteiger partial charge in [0.05, 0.1) is 18.3 Å². The van der Waals surface area contributed by atoms with Crippen molar-refractivity contribution < 1.29 is 18.7 Å². The second-order valence-electron chi connectivity index (χ2n) is 12.0. The number of fused-ring (bicyclic) bond motifs is 3. The van der Waals surface area contributed by atoms with Gasteiger partial charge >= 0.3 is 6.09 Å². The van der Waals surface area contributed by atoms with Crippen molar-refractivity contribution in [2.75, 3.05) is 31.7 Å². The first-order chi connectivity index (χ1) is 15.1. The SMILES string of the molecule is COC(CO[Si](C)(C)C(C)(C)C)c1ccc2c(n1)N1[C@H](C2)CN(C(=O)OC(C)(C)C)C[C@H]1C. The lowest BCUT2D eigenvalue weighted by atomic mass is 10.1. The van der Waals surface area contributed by atoms with Crippen LogP contribution >= 0.6 is 0 Å². The maximum atomic E-state index is 12.7. The molecule has 0 aromatic carbocycles. The van der Waals surface area contributed by atoms with E-state index in [9.17, 15) is 4.79 Å². The van der Waals surface area contributed by atoms with Crippen LogP contribution in [0.25, 0.3) is 0 Å². The summed E-state index contributed by atoms with van der Waals surface area (Å²) in [6, 6.07) is 4.60.